The number of ether oxygens (including phenoxy) is 2. The van der Waals surface area contributed by atoms with Crippen molar-refractivity contribution in [2.45, 2.75) is 62.6 Å². The van der Waals surface area contributed by atoms with Gasteiger partial charge in [-0.05, 0) is 24.8 Å². The molecule has 0 bridgehead atoms. The summed E-state index contributed by atoms with van der Waals surface area (Å²) in [4.78, 5) is 13.2. The fraction of sp³-hybridized carbons (Fsp3) is 0.500. The van der Waals surface area contributed by atoms with Crippen LogP contribution in [0.5, 0.6) is 0 Å². The quantitative estimate of drug-likeness (QED) is 0.461. The Morgan fingerprint density at radius 3 is 2.75 bits per heavy atom. The fourth-order valence-electron chi connectivity index (χ4n) is 4.47. The highest BCUT2D eigenvalue weighted by molar-refractivity contribution is 6.18. The number of nitrogens with one attached hydrogen (secondary N) is 1. The maximum absolute atomic E-state index is 10.4. The molecule has 5 rings (SSSR count). The van der Waals surface area contributed by atoms with Crippen molar-refractivity contribution in [3.8, 4) is 0 Å². The van der Waals surface area contributed by atoms with Crippen molar-refractivity contribution in [2.75, 3.05) is 11.2 Å². The Bertz CT molecular complexity index is 1050. The SMILES string of the molecule is O[C@@H]1[C@H](O)[C@@H](CCl)O[C@H]1n1cnc2c(NC3CCCC3OCc3ccccc3)ncnc21. The summed E-state index contributed by atoms with van der Waals surface area (Å²) in [5.41, 5.74) is 2.23. The van der Waals surface area contributed by atoms with Crippen LogP contribution in [0.1, 0.15) is 31.1 Å². The maximum atomic E-state index is 10.4. The van der Waals surface area contributed by atoms with Crippen LogP contribution >= 0.6 is 11.6 Å². The highest BCUT2D eigenvalue weighted by Crippen LogP contribution is 2.33. The standard InChI is InChI=1S/C22H26ClN5O4/c23-9-16-18(29)19(30)22(32-16)28-12-26-17-20(24-11-25-21(17)28)27-14-7-4-8-15(14)31-10-13-5-2-1-3-6-13/h1-3,5-6,11-12,14-16,18-19,22,29-30H,4,7-10H2,(H,24,25,27)/t14?,15?,16-,18-,19-,22-/m1/s1. The van der Waals surface area contributed by atoms with E-state index in [9.17, 15) is 10.2 Å². The summed E-state index contributed by atoms with van der Waals surface area (Å²) < 4.78 is 13.6. The Labute approximate surface area is 190 Å². The zero-order chi connectivity index (χ0) is 22.1. The highest BCUT2D eigenvalue weighted by Gasteiger charge is 2.44. The van der Waals surface area contributed by atoms with Gasteiger partial charge in [-0.3, -0.25) is 4.57 Å². The number of aromatic nitrogens is 4. The zero-order valence-electron chi connectivity index (χ0n) is 17.4. The van der Waals surface area contributed by atoms with Gasteiger partial charge in [0.2, 0.25) is 0 Å². The van der Waals surface area contributed by atoms with Crippen molar-refractivity contribution in [3.63, 3.8) is 0 Å². The molecule has 2 aromatic heterocycles. The minimum absolute atomic E-state index is 0.0712. The second-order valence-electron chi connectivity index (χ2n) is 8.26. The van der Waals surface area contributed by atoms with Gasteiger partial charge in [0.25, 0.3) is 0 Å². The number of hydrogen-bond donors (Lipinski definition) is 3. The number of alkyl halides is 1. The van der Waals surface area contributed by atoms with Gasteiger partial charge in [0.05, 0.1) is 31.0 Å². The number of aliphatic hydroxyl groups is 2. The number of hydrogen-bond acceptors (Lipinski definition) is 8. The second-order valence-corrected chi connectivity index (χ2v) is 8.57. The van der Waals surface area contributed by atoms with Crippen LogP contribution in [0.2, 0.25) is 0 Å². The van der Waals surface area contributed by atoms with Crippen molar-refractivity contribution < 1.29 is 19.7 Å². The topological polar surface area (TPSA) is 115 Å². The molecule has 1 aromatic carbocycles. The number of fused-ring (bicyclic) bond motifs is 1. The largest absolute Gasteiger partial charge is 0.387 e. The molecule has 9 nitrogen and oxygen atoms in total. The van der Waals surface area contributed by atoms with E-state index in [2.05, 4.69) is 32.4 Å². The molecule has 3 heterocycles. The summed E-state index contributed by atoms with van der Waals surface area (Å²) in [6, 6.07) is 10.2. The van der Waals surface area contributed by atoms with Crippen LogP contribution in [0.15, 0.2) is 43.0 Å². The Morgan fingerprint density at radius 1 is 1.12 bits per heavy atom. The van der Waals surface area contributed by atoms with Crippen molar-refractivity contribution in [3.05, 3.63) is 48.5 Å². The van der Waals surface area contributed by atoms with Crippen LogP contribution in [0, 0.1) is 0 Å². The minimum Gasteiger partial charge on any atom is -0.387 e. The van der Waals surface area contributed by atoms with Crippen molar-refractivity contribution in [1.29, 1.82) is 0 Å². The lowest BCUT2D eigenvalue weighted by atomic mass is 10.1. The van der Waals surface area contributed by atoms with Gasteiger partial charge in [-0.1, -0.05) is 30.3 Å². The third kappa shape index (κ3) is 4.06. The molecule has 2 aliphatic rings. The fourth-order valence-corrected chi connectivity index (χ4v) is 4.73. The Hall–Kier alpha value is -2.30. The maximum Gasteiger partial charge on any atom is 0.167 e. The predicted octanol–water partition coefficient (Wildman–Crippen LogP) is 2.23. The summed E-state index contributed by atoms with van der Waals surface area (Å²) in [6.45, 7) is 0.568. The molecule has 0 radical (unpaired) electrons. The predicted molar refractivity (Wildman–Crippen MR) is 118 cm³/mol. The third-order valence-corrected chi connectivity index (χ3v) is 6.51. The van der Waals surface area contributed by atoms with Crippen molar-refractivity contribution in [2.24, 2.45) is 0 Å². The van der Waals surface area contributed by atoms with E-state index in [1.54, 1.807) is 10.9 Å². The summed E-state index contributed by atoms with van der Waals surface area (Å²) in [7, 11) is 0. The molecule has 2 unspecified atom stereocenters. The Morgan fingerprint density at radius 2 is 1.97 bits per heavy atom. The van der Waals surface area contributed by atoms with Gasteiger partial charge >= 0.3 is 0 Å². The molecule has 6 atom stereocenters. The Kier molecular flexibility index (Phi) is 6.25. The van der Waals surface area contributed by atoms with Gasteiger partial charge in [0.15, 0.2) is 23.2 Å². The van der Waals surface area contributed by atoms with Crippen LogP contribution < -0.4 is 5.32 Å². The van der Waals surface area contributed by atoms with E-state index in [4.69, 9.17) is 21.1 Å². The average molecular weight is 460 g/mol. The number of rotatable bonds is 7. The molecular formula is C22H26ClN5O4. The molecule has 3 N–H and O–H groups in total. The third-order valence-electron chi connectivity index (χ3n) is 6.20. The first-order chi connectivity index (χ1) is 15.7. The lowest BCUT2D eigenvalue weighted by Gasteiger charge is -2.22. The van der Waals surface area contributed by atoms with Crippen LogP contribution in [-0.2, 0) is 16.1 Å². The van der Waals surface area contributed by atoms with E-state index >= 15 is 0 Å². The van der Waals surface area contributed by atoms with Crippen LogP contribution in [0.3, 0.4) is 0 Å². The van der Waals surface area contributed by atoms with Gasteiger partial charge < -0.3 is 25.0 Å². The molecule has 3 aromatic rings. The molecule has 1 aliphatic heterocycles. The van der Waals surface area contributed by atoms with Crippen molar-refractivity contribution >= 4 is 28.6 Å². The molecule has 32 heavy (non-hydrogen) atoms. The van der Waals surface area contributed by atoms with Gasteiger partial charge in [-0.2, -0.15) is 0 Å². The molecule has 0 spiro atoms. The van der Waals surface area contributed by atoms with Gasteiger partial charge in [-0.25, -0.2) is 15.0 Å². The normalized spacial score (nSPS) is 30.2. The molecule has 1 saturated heterocycles. The smallest absolute Gasteiger partial charge is 0.167 e. The number of nitrogens with zero attached hydrogens (tertiary/aromatic N) is 4. The lowest BCUT2D eigenvalue weighted by molar-refractivity contribution is -0.0291. The summed E-state index contributed by atoms with van der Waals surface area (Å²) >= 11 is 5.84. The zero-order valence-corrected chi connectivity index (χ0v) is 18.2. The monoisotopic (exact) mass is 459 g/mol. The number of halogens is 1. The first-order valence-corrected chi connectivity index (χ1v) is 11.4. The van der Waals surface area contributed by atoms with Gasteiger partial charge in [0, 0.05) is 0 Å². The summed E-state index contributed by atoms with van der Waals surface area (Å²) in [5.74, 6) is 0.686. The Balaban J connectivity index is 1.33. The molecule has 0 amide bonds. The number of imidazole rings is 1. The summed E-state index contributed by atoms with van der Waals surface area (Å²) in [5, 5.41) is 24.1. The number of aliphatic hydroxyl groups excluding tert-OH is 2. The molecule has 1 aliphatic carbocycles. The molecule has 1 saturated carbocycles. The molecule has 2 fully saturated rings. The number of benzene rings is 1. The highest BCUT2D eigenvalue weighted by atomic mass is 35.5. The van der Waals surface area contributed by atoms with E-state index in [-0.39, 0.29) is 18.0 Å². The van der Waals surface area contributed by atoms with Gasteiger partial charge in [0.1, 0.15) is 24.6 Å². The molecular weight excluding hydrogens is 434 g/mol. The van der Waals surface area contributed by atoms with Crippen molar-refractivity contribution in [1.82, 2.24) is 19.5 Å². The van der Waals surface area contributed by atoms with E-state index in [1.165, 1.54) is 6.33 Å². The van der Waals surface area contributed by atoms with E-state index in [0.29, 0.717) is 23.6 Å². The van der Waals surface area contributed by atoms with Crippen LogP contribution in [0.4, 0.5) is 5.82 Å². The average Bonchev–Trinajstić information content (AvgIpc) is 3.52. The molecule has 10 heteroatoms. The van der Waals surface area contributed by atoms with E-state index in [0.717, 1.165) is 24.8 Å². The van der Waals surface area contributed by atoms with Crippen LogP contribution in [0.25, 0.3) is 11.2 Å². The minimum atomic E-state index is -1.13. The number of anilines is 1. The first kappa shape index (κ1) is 21.5. The second kappa shape index (κ2) is 9.29. The van der Waals surface area contributed by atoms with E-state index < -0.39 is 24.5 Å². The van der Waals surface area contributed by atoms with Gasteiger partial charge in [-0.15, -0.1) is 11.6 Å². The summed E-state index contributed by atoms with van der Waals surface area (Å²) in [6.07, 6.45) is 2.40. The van der Waals surface area contributed by atoms with E-state index in [1.807, 2.05) is 18.2 Å². The lowest BCUT2D eigenvalue weighted by Crippen LogP contribution is -2.32. The first-order valence-electron chi connectivity index (χ1n) is 10.8. The van der Waals surface area contributed by atoms with Crippen LogP contribution in [-0.4, -0.2) is 66.1 Å². The molecule has 170 valence electrons.